The molecule has 1 amide bonds. The molecule has 0 saturated carbocycles. The maximum atomic E-state index is 13.3. The number of anilines is 1. The molecule has 2 heterocycles. The molecule has 1 aliphatic heterocycles. The van der Waals surface area contributed by atoms with Gasteiger partial charge in [-0.05, 0) is 42.3 Å². The van der Waals surface area contributed by atoms with Crippen LogP contribution in [0.15, 0.2) is 36.5 Å². The zero-order valence-corrected chi connectivity index (χ0v) is 11.4. The molecule has 1 aromatic carbocycles. The molecule has 0 bridgehead atoms. The number of benzene rings is 1. The van der Waals surface area contributed by atoms with Crippen LogP contribution in [0.25, 0.3) is 0 Å². The SMILES string of the molecule is O=C1CCc2cc(F)ccc2N1Cc1cc(Cl)ccn1. The van der Waals surface area contributed by atoms with E-state index in [1.807, 2.05) is 0 Å². The molecule has 0 aliphatic carbocycles. The van der Waals surface area contributed by atoms with Gasteiger partial charge < -0.3 is 4.90 Å². The number of nitrogens with zero attached hydrogens (tertiary/aromatic N) is 2. The fourth-order valence-corrected chi connectivity index (χ4v) is 2.58. The van der Waals surface area contributed by atoms with Crippen LogP contribution in [0.1, 0.15) is 17.7 Å². The van der Waals surface area contributed by atoms with Gasteiger partial charge in [0.15, 0.2) is 0 Å². The lowest BCUT2D eigenvalue weighted by molar-refractivity contribution is -0.119. The van der Waals surface area contributed by atoms with Gasteiger partial charge in [-0.1, -0.05) is 11.6 Å². The molecular weight excluding hydrogens is 279 g/mol. The number of aryl methyl sites for hydroxylation is 1. The predicted octanol–water partition coefficient (Wildman–Crippen LogP) is 3.35. The van der Waals surface area contributed by atoms with Gasteiger partial charge in [-0.25, -0.2) is 4.39 Å². The molecule has 0 spiro atoms. The second-order valence-electron chi connectivity index (χ2n) is 4.72. The average molecular weight is 291 g/mol. The van der Waals surface area contributed by atoms with Crippen LogP contribution in [0.4, 0.5) is 10.1 Å². The van der Waals surface area contributed by atoms with Crippen LogP contribution in [0, 0.1) is 5.82 Å². The van der Waals surface area contributed by atoms with E-state index in [1.165, 1.54) is 12.1 Å². The number of carbonyl (C=O) groups is 1. The Morgan fingerprint density at radius 3 is 2.90 bits per heavy atom. The summed E-state index contributed by atoms with van der Waals surface area (Å²) in [6, 6.07) is 7.92. The number of aromatic nitrogens is 1. The van der Waals surface area contributed by atoms with Crippen molar-refractivity contribution in [2.45, 2.75) is 19.4 Å². The van der Waals surface area contributed by atoms with E-state index < -0.39 is 0 Å². The summed E-state index contributed by atoms with van der Waals surface area (Å²) in [5, 5.41) is 0.582. The smallest absolute Gasteiger partial charge is 0.227 e. The minimum atomic E-state index is -0.279. The largest absolute Gasteiger partial charge is 0.306 e. The zero-order chi connectivity index (χ0) is 14.1. The highest BCUT2D eigenvalue weighted by molar-refractivity contribution is 6.30. The molecule has 3 nitrogen and oxygen atoms in total. The molecule has 0 atom stereocenters. The Kier molecular flexibility index (Phi) is 3.40. The minimum Gasteiger partial charge on any atom is -0.306 e. The van der Waals surface area contributed by atoms with E-state index in [9.17, 15) is 9.18 Å². The third-order valence-corrected chi connectivity index (χ3v) is 3.58. The molecule has 0 saturated heterocycles. The molecule has 5 heteroatoms. The quantitative estimate of drug-likeness (QED) is 0.850. The van der Waals surface area contributed by atoms with Crippen molar-refractivity contribution >= 4 is 23.2 Å². The maximum absolute atomic E-state index is 13.3. The third kappa shape index (κ3) is 2.51. The van der Waals surface area contributed by atoms with Gasteiger partial charge in [-0.3, -0.25) is 9.78 Å². The first kappa shape index (κ1) is 13.1. The number of fused-ring (bicyclic) bond motifs is 1. The molecule has 1 aliphatic rings. The van der Waals surface area contributed by atoms with Crippen LogP contribution < -0.4 is 4.90 Å². The van der Waals surface area contributed by atoms with Crippen LogP contribution in [-0.4, -0.2) is 10.9 Å². The number of pyridine rings is 1. The van der Waals surface area contributed by atoms with Crippen molar-refractivity contribution in [1.29, 1.82) is 0 Å². The summed E-state index contributed by atoms with van der Waals surface area (Å²) < 4.78 is 13.3. The normalized spacial score (nSPS) is 14.3. The molecule has 20 heavy (non-hydrogen) atoms. The lowest BCUT2D eigenvalue weighted by Gasteiger charge is -2.29. The second kappa shape index (κ2) is 5.21. The summed E-state index contributed by atoms with van der Waals surface area (Å²) in [4.78, 5) is 17.9. The van der Waals surface area contributed by atoms with Crippen LogP contribution in [0.5, 0.6) is 0 Å². The van der Waals surface area contributed by atoms with Gasteiger partial charge >= 0.3 is 0 Å². The van der Waals surface area contributed by atoms with E-state index in [4.69, 9.17) is 11.6 Å². The van der Waals surface area contributed by atoms with Crippen LogP contribution in [0.3, 0.4) is 0 Å². The topological polar surface area (TPSA) is 33.2 Å². The highest BCUT2D eigenvalue weighted by atomic mass is 35.5. The Hall–Kier alpha value is -1.94. The summed E-state index contributed by atoms with van der Waals surface area (Å²) in [7, 11) is 0. The van der Waals surface area contributed by atoms with Crippen LogP contribution >= 0.6 is 11.6 Å². The van der Waals surface area contributed by atoms with Gasteiger partial charge in [-0.15, -0.1) is 0 Å². The third-order valence-electron chi connectivity index (χ3n) is 3.34. The lowest BCUT2D eigenvalue weighted by Crippen LogP contribution is -2.34. The van der Waals surface area contributed by atoms with E-state index in [0.717, 1.165) is 11.3 Å². The first-order valence-corrected chi connectivity index (χ1v) is 6.70. The van der Waals surface area contributed by atoms with Gasteiger partial charge in [0.1, 0.15) is 5.82 Å². The molecule has 0 fully saturated rings. The van der Waals surface area contributed by atoms with Gasteiger partial charge in [0, 0.05) is 23.3 Å². The van der Waals surface area contributed by atoms with Crippen molar-refractivity contribution in [3.63, 3.8) is 0 Å². The average Bonchev–Trinajstić information content (AvgIpc) is 2.42. The molecule has 0 radical (unpaired) electrons. The van der Waals surface area contributed by atoms with Gasteiger partial charge in [0.25, 0.3) is 0 Å². The summed E-state index contributed by atoms with van der Waals surface area (Å²) in [5.74, 6) is -0.259. The monoisotopic (exact) mass is 290 g/mol. The molecular formula is C15H12ClFN2O. The lowest BCUT2D eigenvalue weighted by atomic mass is 10.0. The Bertz CT molecular complexity index is 675. The van der Waals surface area contributed by atoms with Crippen molar-refractivity contribution < 1.29 is 9.18 Å². The molecule has 2 aromatic rings. The summed E-state index contributed by atoms with van der Waals surface area (Å²) in [6.07, 6.45) is 2.57. The highest BCUT2D eigenvalue weighted by Gasteiger charge is 2.24. The van der Waals surface area contributed by atoms with Crippen molar-refractivity contribution in [3.8, 4) is 0 Å². The van der Waals surface area contributed by atoms with Crippen molar-refractivity contribution in [2.75, 3.05) is 4.90 Å². The summed E-state index contributed by atoms with van der Waals surface area (Å²) in [6.45, 7) is 0.345. The molecule has 0 unspecified atom stereocenters. The van der Waals surface area contributed by atoms with Gasteiger partial charge in [-0.2, -0.15) is 0 Å². The predicted molar refractivity (Wildman–Crippen MR) is 75.2 cm³/mol. The second-order valence-corrected chi connectivity index (χ2v) is 5.15. The Balaban J connectivity index is 1.95. The molecule has 0 N–H and O–H groups in total. The first-order valence-electron chi connectivity index (χ1n) is 6.33. The number of hydrogen-bond donors (Lipinski definition) is 0. The summed E-state index contributed by atoms with van der Waals surface area (Å²) >= 11 is 5.93. The Labute approximate surface area is 121 Å². The van der Waals surface area contributed by atoms with Gasteiger partial charge in [0.05, 0.1) is 12.2 Å². The van der Waals surface area contributed by atoms with Crippen molar-refractivity contribution in [3.05, 3.63) is 58.6 Å². The van der Waals surface area contributed by atoms with Crippen molar-refractivity contribution in [2.24, 2.45) is 0 Å². The number of halogens is 2. The number of carbonyl (C=O) groups excluding carboxylic acids is 1. The van der Waals surface area contributed by atoms with E-state index in [1.54, 1.807) is 29.3 Å². The van der Waals surface area contributed by atoms with Crippen LogP contribution in [0.2, 0.25) is 5.02 Å². The molecule has 1 aromatic heterocycles. The van der Waals surface area contributed by atoms with Crippen LogP contribution in [-0.2, 0) is 17.8 Å². The Morgan fingerprint density at radius 1 is 1.25 bits per heavy atom. The van der Waals surface area contributed by atoms with Gasteiger partial charge in [0.2, 0.25) is 5.91 Å². The number of rotatable bonds is 2. The van der Waals surface area contributed by atoms with E-state index in [2.05, 4.69) is 4.98 Å². The zero-order valence-electron chi connectivity index (χ0n) is 10.6. The van der Waals surface area contributed by atoms with E-state index >= 15 is 0 Å². The highest BCUT2D eigenvalue weighted by Crippen LogP contribution is 2.29. The van der Waals surface area contributed by atoms with E-state index in [-0.39, 0.29) is 11.7 Å². The van der Waals surface area contributed by atoms with E-state index in [0.29, 0.717) is 30.1 Å². The molecule has 102 valence electrons. The fourth-order valence-electron chi connectivity index (χ4n) is 2.40. The first-order chi connectivity index (χ1) is 9.63. The fraction of sp³-hybridized carbons (Fsp3) is 0.200. The van der Waals surface area contributed by atoms with Crippen molar-refractivity contribution in [1.82, 2.24) is 4.98 Å². The molecule has 3 rings (SSSR count). The maximum Gasteiger partial charge on any atom is 0.227 e. The number of amides is 1. The number of hydrogen-bond acceptors (Lipinski definition) is 2. The Morgan fingerprint density at radius 2 is 2.10 bits per heavy atom. The minimum absolute atomic E-state index is 0.0193. The summed E-state index contributed by atoms with van der Waals surface area (Å²) in [5.41, 5.74) is 2.32. The standard InChI is InChI=1S/C15H12ClFN2O/c16-11-5-6-18-13(8-11)9-19-14-3-2-12(17)7-10(14)1-4-15(19)20/h2-3,5-8H,1,4,9H2.